The van der Waals surface area contributed by atoms with Crippen molar-refractivity contribution in [3.63, 3.8) is 0 Å². The summed E-state index contributed by atoms with van der Waals surface area (Å²) in [5, 5.41) is 2.74. The number of nitrogens with one attached hydrogen (secondary N) is 1. The molecule has 0 aliphatic rings. The summed E-state index contributed by atoms with van der Waals surface area (Å²) in [6.45, 7) is 0.136. The fourth-order valence-electron chi connectivity index (χ4n) is 4.00. The number of hydrogen-bond acceptors (Lipinski definition) is 8. The highest BCUT2D eigenvalue weighted by Crippen LogP contribution is 2.51. The van der Waals surface area contributed by atoms with Crippen LogP contribution in [-0.2, 0) is 44.6 Å². The van der Waals surface area contributed by atoms with E-state index < -0.39 is 13.9 Å². The lowest BCUT2D eigenvalue weighted by Crippen LogP contribution is -2.13. The molecular weight excluding hydrogens is 571 g/mol. The Labute approximate surface area is 248 Å². The average molecular weight is 601 g/mol. The van der Waals surface area contributed by atoms with Gasteiger partial charge in [0.15, 0.2) is 0 Å². The topological polar surface area (TPSA) is 96.0 Å². The lowest BCUT2D eigenvalue weighted by Gasteiger charge is -2.20. The summed E-state index contributed by atoms with van der Waals surface area (Å²) in [5.41, 5.74) is 5.57. The Morgan fingerprint density at radius 3 is 1.90 bits per heavy atom. The van der Waals surface area contributed by atoms with Crippen molar-refractivity contribution in [2.75, 3.05) is 5.32 Å². The predicted octanol–water partition coefficient (Wildman–Crippen LogP) is 8.40. The molecule has 10 heteroatoms. The van der Waals surface area contributed by atoms with Crippen LogP contribution in [0.25, 0.3) is 0 Å². The van der Waals surface area contributed by atoms with Crippen molar-refractivity contribution in [3.05, 3.63) is 148 Å². The fourth-order valence-corrected chi connectivity index (χ4v) is 5.66. The van der Waals surface area contributed by atoms with E-state index in [2.05, 4.69) is 10.3 Å². The number of aromatic nitrogens is 1. The molecule has 1 amide bonds. The molecule has 0 unspecified atom stereocenters. The molecular formula is C32H29N2O6PS. The number of ether oxygens (including phenoxy) is 1. The van der Waals surface area contributed by atoms with Crippen molar-refractivity contribution >= 4 is 30.9 Å². The van der Waals surface area contributed by atoms with Crippen molar-refractivity contribution < 1.29 is 27.7 Å². The third-order valence-corrected chi connectivity index (χ3v) is 8.05. The van der Waals surface area contributed by atoms with Crippen LogP contribution in [0, 0.1) is 0 Å². The number of phosphoric acid groups is 1. The summed E-state index contributed by atoms with van der Waals surface area (Å²) in [5.74, 6) is 0.214. The highest BCUT2D eigenvalue weighted by atomic mass is 32.1. The summed E-state index contributed by atoms with van der Waals surface area (Å²) in [4.78, 5) is 17.4. The lowest BCUT2D eigenvalue weighted by atomic mass is 10.0. The maximum Gasteiger partial charge on any atom is 0.530 e. The molecule has 0 aliphatic carbocycles. The molecule has 0 bridgehead atoms. The Morgan fingerprint density at radius 2 is 1.33 bits per heavy atom. The second-order valence-corrected chi connectivity index (χ2v) is 11.8. The Kier molecular flexibility index (Phi) is 10.1. The maximum atomic E-state index is 14.0. The lowest BCUT2D eigenvalue weighted by molar-refractivity contribution is 0.143. The number of carbonyl (C=O) groups is 1. The molecule has 8 nitrogen and oxygen atoms in total. The molecule has 0 saturated heterocycles. The van der Waals surface area contributed by atoms with Crippen LogP contribution in [0.5, 0.6) is 5.75 Å². The van der Waals surface area contributed by atoms with E-state index in [1.807, 2.05) is 97.1 Å². The number of thiazole rings is 1. The van der Waals surface area contributed by atoms with Gasteiger partial charge in [0.1, 0.15) is 12.4 Å². The zero-order valence-electron chi connectivity index (χ0n) is 22.6. The van der Waals surface area contributed by atoms with Gasteiger partial charge in [-0.05, 0) is 40.8 Å². The molecule has 42 heavy (non-hydrogen) atoms. The third-order valence-electron chi connectivity index (χ3n) is 5.97. The number of amides is 1. The molecule has 1 aromatic heterocycles. The number of hydrogen-bond donors (Lipinski definition) is 1. The van der Waals surface area contributed by atoms with E-state index in [0.29, 0.717) is 12.1 Å². The van der Waals surface area contributed by atoms with E-state index >= 15 is 0 Å². The first-order valence-electron chi connectivity index (χ1n) is 13.2. The van der Waals surface area contributed by atoms with Crippen LogP contribution in [0.2, 0.25) is 0 Å². The fraction of sp³-hybridized carbons (Fsp3) is 0.125. The molecule has 0 radical (unpaired) electrons. The first kappa shape index (κ1) is 29.2. The zero-order chi connectivity index (χ0) is 29.0. The van der Waals surface area contributed by atoms with Crippen molar-refractivity contribution in [1.29, 1.82) is 0 Å². The second-order valence-electron chi connectivity index (χ2n) is 9.25. The molecule has 0 spiro atoms. The minimum absolute atomic E-state index is 0.0195. The number of anilines is 1. The van der Waals surface area contributed by atoms with Crippen LogP contribution in [0.3, 0.4) is 0 Å². The van der Waals surface area contributed by atoms with Crippen LogP contribution in [0.15, 0.2) is 121 Å². The third kappa shape index (κ3) is 9.12. The van der Waals surface area contributed by atoms with Gasteiger partial charge in [-0.15, -0.1) is 11.3 Å². The first-order valence-corrected chi connectivity index (χ1v) is 15.5. The summed E-state index contributed by atoms with van der Waals surface area (Å²) >= 11 is 1.39. The number of carbonyl (C=O) groups excluding carboxylic acids is 1. The summed E-state index contributed by atoms with van der Waals surface area (Å²) in [6, 6.07) is 33.7. The Balaban J connectivity index is 1.38. The van der Waals surface area contributed by atoms with Crippen LogP contribution in [0.4, 0.5) is 10.5 Å². The normalized spacial score (nSPS) is 11.1. The Bertz CT molecular complexity index is 1560. The van der Waals surface area contributed by atoms with Crippen LogP contribution in [-0.4, -0.2) is 11.1 Å². The summed E-state index contributed by atoms with van der Waals surface area (Å²) in [7, 11) is -4.12. The van der Waals surface area contributed by atoms with Gasteiger partial charge < -0.3 is 9.26 Å². The van der Waals surface area contributed by atoms with E-state index in [4.69, 9.17) is 18.3 Å². The molecule has 0 atom stereocenters. The van der Waals surface area contributed by atoms with Gasteiger partial charge in [-0.1, -0.05) is 91.0 Å². The summed E-state index contributed by atoms with van der Waals surface area (Å²) < 4.78 is 36.9. The van der Waals surface area contributed by atoms with Crippen molar-refractivity contribution in [1.82, 2.24) is 4.98 Å². The highest BCUT2D eigenvalue weighted by Gasteiger charge is 2.29. The number of phosphoric ester groups is 1. The van der Waals surface area contributed by atoms with Gasteiger partial charge in [-0.25, -0.2) is 9.36 Å². The summed E-state index contributed by atoms with van der Waals surface area (Å²) in [6.07, 6.45) is 1.55. The van der Waals surface area contributed by atoms with Gasteiger partial charge in [-0.3, -0.25) is 19.3 Å². The number of rotatable bonds is 13. The Morgan fingerprint density at radius 1 is 0.738 bits per heavy atom. The van der Waals surface area contributed by atoms with Crippen molar-refractivity contribution in [2.45, 2.75) is 26.2 Å². The van der Waals surface area contributed by atoms with Crippen molar-refractivity contribution in [2.24, 2.45) is 0 Å². The monoisotopic (exact) mass is 600 g/mol. The van der Waals surface area contributed by atoms with E-state index in [-0.39, 0.29) is 25.6 Å². The van der Waals surface area contributed by atoms with Gasteiger partial charge in [0, 0.05) is 18.0 Å². The van der Waals surface area contributed by atoms with Crippen molar-refractivity contribution in [3.8, 4) is 5.75 Å². The first-order chi connectivity index (χ1) is 20.5. The van der Waals surface area contributed by atoms with Gasteiger partial charge >= 0.3 is 13.9 Å². The maximum absolute atomic E-state index is 14.0. The molecule has 0 fully saturated rings. The van der Waals surface area contributed by atoms with Gasteiger partial charge in [-0.2, -0.15) is 0 Å². The second kappa shape index (κ2) is 14.6. The predicted molar refractivity (Wildman–Crippen MR) is 162 cm³/mol. The van der Waals surface area contributed by atoms with Crippen LogP contribution in [0.1, 0.15) is 27.1 Å². The van der Waals surface area contributed by atoms with E-state index in [9.17, 15) is 9.36 Å². The van der Waals surface area contributed by atoms with Crippen LogP contribution >= 0.6 is 19.2 Å². The molecule has 1 N–H and O–H groups in total. The van der Waals surface area contributed by atoms with Gasteiger partial charge in [0.05, 0.1) is 23.6 Å². The molecule has 0 aliphatic heterocycles. The standard InChI is InChI=1S/C32H29N2O6PS/c35-32(37-23-31-20-33-24-42-31)34-29-17-28(16-25-10-4-1-5-11-25)18-30(19-29)40-41(36,38-21-26-12-6-2-7-13-26)39-22-27-14-8-3-9-15-27/h1-15,17-20,24H,16,21-23H2,(H,34,35). The van der Waals surface area contributed by atoms with Crippen LogP contribution < -0.4 is 9.84 Å². The average Bonchev–Trinajstić information content (AvgIpc) is 3.54. The number of benzene rings is 4. The SMILES string of the molecule is O=C(Nc1cc(Cc2ccccc2)cc(OP(=O)(OCc2ccccc2)OCc2ccccc2)c1)OCc1cncs1. The zero-order valence-corrected chi connectivity index (χ0v) is 24.3. The van der Waals surface area contributed by atoms with E-state index in [0.717, 1.165) is 27.1 Å². The van der Waals surface area contributed by atoms with E-state index in [1.165, 1.54) is 11.3 Å². The molecule has 0 saturated carbocycles. The number of nitrogens with zero attached hydrogens (tertiary/aromatic N) is 1. The van der Waals surface area contributed by atoms with Gasteiger partial charge in [0.2, 0.25) is 0 Å². The minimum atomic E-state index is -4.12. The van der Waals surface area contributed by atoms with E-state index in [1.54, 1.807) is 23.8 Å². The smallest absolute Gasteiger partial charge is 0.444 e. The molecule has 214 valence electrons. The molecule has 1 heterocycles. The molecule has 4 aromatic carbocycles. The minimum Gasteiger partial charge on any atom is -0.444 e. The molecule has 5 rings (SSSR count). The Hall–Kier alpha value is -4.27. The van der Waals surface area contributed by atoms with Gasteiger partial charge in [0.25, 0.3) is 0 Å². The largest absolute Gasteiger partial charge is 0.530 e. The molecule has 5 aromatic rings. The quantitative estimate of drug-likeness (QED) is 0.136. The highest BCUT2D eigenvalue weighted by molar-refractivity contribution is 7.48.